The van der Waals surface area contributed by atoms with Crippen molar-refractivity contribution in [3.63, 3.8) is 0 Å². The molecule has 0 saturated carbocycles. The summed E-state index contributed by atoms with van der Waals surface area (Å²) in [7, 11) is 0. The highest BCUT2D eigenvalue weighted by Gasteiger charge is 2.26. The number of aromatic nitrogens is 1. The molecule has 3 aromatic rings. The Morgan fingerprint density at radius 3 is 2.62 bits per heavy atom. The van der Waals surface area contributed by atoms with Crippen molar-refractivity contribution in [2.75, 3.05) is 10.3 Å². The molecule has 0 radical (unpaired) electrons. The first kappa shape index (κ1) is 19.0. The van der Waals surface area contributed by atoms with Crippen molar-refractivity contribution >= 4 is 40.2 Å². The van der Waals surface area contributed by atoms with Crippen LogP contribution in [0.4, 0.5) is 11.4 Å². The molecule has 7 heteroatoms. The second-order valence-corrected chi connectivity index (χ2v) is 7.81. The van der Waals surface area contributed by atoms with Gasteiger partial charge in [0, 0.05) is 35.7 Å². The van der Waals surface area contributed by atoms with Gasteiger partial charge in [-0.25, -0.2) is 9.99 Å². The van der Waals surface area contributed by atoms with Crippen molar-refractivity contribution in [1.29, 1.82) is 0 Å². The molecule has 1 aliphatic heterocycles. The number of thiazole rings is 1. The first-order valence-corrected chi connectivity index (χ1v) is 10.2. The van der Waals surface area contributed by atoms with Gasteiger partial charge < -0.3 is 5.32 Å². The van der Waals surface area contributed by atoms with Crippen molar-refractivity contribution < 1.29 is 9.59 Å². The SMILES string of the molecule is Cc1ccc(C)c(N2N=C(C(=O)Nc3ccc(-c4nccs4)cc3)CCC2=O)c1. The Hall–Kier alpha value is -3.32. The third kappa shape index (κ3) is 4.09. The predicted octanol–water partition coefficient (Wildman–Crippen LogP) is 4.55. The molecule has 0 saturated heterocycles. The molecule has 1 aliphatic rings. The number of hydrogen-bond acceptors (Lipinski definition) is 5. The molecule has 2 amide bonds. The molecule has 0 atom stereocenters. The van der Waals surface area contributed by atoms with Gasteiger partial charge in [-0.05, 0) is 55.3 Å². The summed E-state index contributed by atoms with van der Waals surface area (Å²) in [5.41, 5.74) is 4.70. The molecule has 0 fully saturated rings. The summed E-state index contributed by atoms with van der Waals surface area (Å²) < 4.78 is 0. The maximum atomic E-state index is 12.7. The molecular weight excluding hydrogens is 384 g/mol. The summed E-state index contributed by atoms with van der Waals surface area (Å²) in [5.74, 6) is -0.405. The van der Waals surface area contributed by atoms with Crippen LogP contribution in [0.5, 0.6) is 0 Å². The molecule has 0 unspecified atom stereocenters. The Morgan fingerprint density at radius 1 is 1.10 bits per heavy atom. The third-order valence-electron chi connectivity index (χ3n) is 4.71. The Morgan fingerprint density at radius 2 is 1.90 bits per heavy atom. The van der Waals surface area contributed by atoms with Crippen LogP contribution in [0.2, 0.25) is 0 Å². The van der Waals surface area contributed by atoms with Gasteiger partial charge in [0.05, 0.1) is 5.69 Å². The van der Waals surface area contributed by atoms with E-state index in [0.717, 1.165) is 21.7 Å². The normalized spacial score (nSPS) is 13.9. The molecule has 1 N–H and O–H groups in total. The molecule has 0 aliphatic carbocycles. The fourth-order valence-corrected chi connectivity index (χ4v) is 3.76. The highest BCUT2D eigenvalue weighted by atomic mass is 32.1. The molecule has 2 heterocycles. The number of carbonyl (C=O) groups is 2. The van der Waals surface area contributed by atoms with E-state index in [9.17, 15) is 9.59 Å². The van der Waals surface area contributed by atoms with Crippen LogP contribution in [0.15, 0.2) is 59.1 Å². The minimum atomic E-state index is -0.296. The van der Waals surface area contributed by atoms with Crippen molar-refractivity contribution in [2.45, 2.75) is 26.7 Å². The Bertz CT molecular complexity index is 1090. The lowest BCUT2D eigenvalue weighted by atomic mass is 10.1. The van der Waals surface area contributed by atoms with Gasteiger partial charge >= 0.3 is 0 Å². The monoisotopic (exact) mass is 404 g/mol. The quantitative estimate of drug-likeness (QED) is 0.693. The van der Waals surface area contributed by atoms with Gasteiger partial charge in [0.1, 0.15) is 10.7 Å². The first-order valence-electron chi connectivity index (χ1n) is 9.30. The number of anilines is 2. The summed E-state index contributed by atoms with van der Waals surface area (Å²) >= 11 is 1.56. The maximum absolute atomic E-state index is 12.7. The summed E-state index contributed by atoms with van der Waals surface area (Å²) in [4.78, 5) is 29.4. The van der Waals surface area contributed by atoms with Gasteiger partial charge in [0.25, 0.3) is 5.91 Å². The van der Waals surface area contributed by atoms with E-state index in [1.807, 2.05) is 61.7 Å². The number of nitrogens with zero attached hydrogens (tertiary/aromatic N) is 3. The van der Waals surface area contributed by atoms with Crippen molar-refractivity contribution in [1.82, 2.24) is 4.98 Å². The van der Waals surface area contributed by atoms with E-state index >= 15 is 0 Å². The highest BCUT2D eigenvalue weighted by molar-refractivity contribution is 7.13. The summed E-state index contributed by atoms with van der Waals surface area (Å²) in [6, 6.07) is 13.4. The topological polar surface area (TPSA) is 74.7 Å². The number of amides is 2. The van der Waals surface area contributed by atoms with Crippen LogP contribution >= 0.6 is 11.3 Å². The number of carbonyl (C=O) groups excluding carboxylic acids is 2. The Balaban J connectivity index is 1.53. The average Bonchev–Trinajstić information content (AvgIpc) is 3.26. The van der Waals surface area contributed by atoms with Crippen LogP contribution in [0.3, 0.4) is 0 Å². The van der Waals surface area contributed by atoms with E-state index in [1.165, 1.54) is 5.01 Å². The maximum Gasteiger partial charge on any atom is 0.271 e. The lowest BCUT2D eigenvalue weighted by Crippen LogP contribution is -2.36. The number of rotatable bonds is 4. The lowest BCUT2D eigenvalue weighted by Gasteiger charge is -2.24. The van der Waals surface area contributed by atoms with E-state index in [4.69, 9.17) is 0 Å². The van der Waals surface area contributed by atoms with Gasteiger partial charge in [-0.3, -0.25) is 9.59 Å². The number of benzene rings is 2. The van der Waals surface area contributed by atoms with E-state index in [-0.39, 0.29) is 18.2 Å². The minimum absolute atomic E-state index is 0.108. The van der Waals surface area contributed by atoms with E-state index in [2.05, 4.69) is 15.4 Å². The van der Waals surface area contributed by atoms with Crippen molar-refractivity contribution in [3.05, 3.63) is 65.2 Å². The molecule has 2 aromatic carbocycles. The van der Waals surface area contributed by atoms with Gasteiger partial charge in [-0.1, -0.05) is 12.1 Å². The second-order valence-electron chi connectivity index (χ2n) is 6.91. The lowest BCUT2D eigenvalue weighted by molar-refractivity contribution is -0.118. The molecule has 0 bridgehead atoms. The predicted molar refractivity (Wildman–Crippen MR) is 116 cm³/mol. The van der Waals surface area contributed by atoms with Crippen LogP contribution in [-0.2, 0) is 9.59 Å². The Labute approximate surface area is 172 Å². The number of nitrogens with one attached hydrogen (secondary N) is 1. The second kappa shape index (κ2) is 7.97. The smallest absolute Gasteiger partial charge is 0.271 e. The Kier molecular flexibility index (Phi) is 5.22. The van der Waals surface area contributed by atoms with Gasteiger partial charge in [0.2, 0.25) is 5.91 Å². The van der Waals surface area contributed by atoms with Gasteiger partial charge in [-0.15, -0.1) is 11.3 Å². The summed E-state index contributed by atoms with van der Waals surface area (Å²) in [6.07, 6.45) is 2.34. The third-order valence-corrected chi connectivity index (χ3v) is 5.53. The summed E-state index contributed by atoms with van der Waals surface area (Å²) in [6.45, 7) is 3.89. The summed E-state index contributed by atoms with van der Waals surface area (Å²) in [5, 5.41) is 11.5. The van der Waals surface area contributed by atoms with E-state index < -0.39 is 0 Å². The average molecular weight is 404 g/mol. The molecular formula is C22H20N4O2S. The number of hydrazone groups is 1. The zero-order chi connectivity index (χ0) is 20.4. The molecule has 6 nitrogen and oxygen atoms in total. The van der Waals surface area contributed by atoms with E-state index in [0.29, 0.717) is 23.5 Å². The van der Waals surface area contributed by atoms with Gasteiger partial charge in [0.15, 0.2) is 0 Å². The van der Waals surface area contributed by atoms with Gasteiger partial charge in [-0.2, -0.15) is 5.10 Å². The first-order chi connectivity index (χ1) is 14.0. The number of hydrogen-bond donors (Lipinski definition) is 1. The van der Waals surface area contributed by atoms with Crippen LogP contribution < -0.4 is 10.3 Å². The minimum Gasteiger partial charge on any atom is -0.321 e. The molecule has 0 spiro atoms. The molecule has 29 heavy (non-hydrogen) atoms. The van der Waals surface area contributed by atoms with Crippen molar-refractivity contribution in [3.8, 4) is 10.6 Å². The molecule has 146 valence electrons. The fourth-order valence-electron chi connectivity index (χ4n) is 3.12. The van der Waals surface area contributed by atoms with Crippen LogP contribution in [0, 0.1) is 13.8 Å². The highest BCUT2D eigenvalue weighted by Crippen LogP contribution is 2.26. The largest absolute Gasteiger partial charge is 0.321 e. The van der Waals surface area contributed by atoms with Crippen LogP contribution in [0.25, 0.3) is 10.6 Å². The number of aryl methyl sites for hydroxylation is 2. The van der Waals surface area contributed by atoms with Crippen LogP contribution in [0.1, 0.15) is 24.0 Å². The van der Waals surface area contributed by atoms with E-state index in [1.54, 1.807) is 17.5 Å². The zero-order valence-corrected chi connectivity index (χ0v) is 17.0. The molecule has 4 rings (SSSR count). The zero-order valence-electron chi connectivity index (χ0n) is 16.2. The van der Waals surface area contributed by atoms with Crippen molar-refractivity contribution in [2.24, 2.45) is 5.10 Å². The fraction of sp³-hybridized carbons (Fsp3) is 0.182. The van der Waals surface area contributed by atoms with Crippen LogP contribution in [-0.4, -0.2) is 22.5 Å². The standard InChI is InChI=1S/C22H20N4O2S/c1-14-3-4-15(2)19(13-14)26-20(27)10-9-18(25-26)21(28)24-17-7-5-16(6-8-17)22-23-11-12-29-22/h3-8,11-13H,9-10H2,1-2H3,(H,24,28). The molecule has 1 aromatic heterocycles.